The summed E-state index contributed by atoms with van der Waals surface area (Å²) in [5, 5.41) is 3.86. The number of rotatable bonds is 7. The summed E-state index contributed by atoms with van der Waals surface area (Å²) in [6.07, 6.45) is 2.85. The number of anilines is 2. The predicted molar refractivity (Wildman–Crippen MR) is 139 cm³/mol. The number of fused-ring (bicyclic) bond motifs is 2. The van der Waals surface area contributed by atoms with Gasteiger partial charge in [-0.3, -0.25) is 4.79 Å². The largest absolute Gasteiger partial charge is 0.378 e. The minimum absolute atomic E-state index is 0.0481. The van der Waals surface area contributed by atoms with Crippen molar-refractivity contribution in [3.8, 4) is 0 Å². The molecule has 0 unspecified atom stereocenters. The van der Waals surface area contributed by atoms with Crippen molar-refractivity contribution in [2.75, 3.05) is 30.9 Å². The zero-order valence-corrected chi connectivity index (χ0v) is 20.5. The average molecular weight is 489 g/mol. The van der Waals surface area contributed by atoms with E-state index in [9.17, 15) is 13.2 Å². The average Bonchev–Trinajstić information content (AvgIpc) is 3.28. The molecular weight excluding hydrogens is 460 g/mol. The van der Waals surface area contributed by atoms with Gasteiger partial charge in [0.2, 0.25) is 15.9 Å². The summed E-state index contributed by atoms with van der Waals surface area (Å²) in [5.41, 5.74) is 5.66. The topological polar surface area (TPSA) is 94.3 Å². The normalized spacial score (nSPS) is 14.4. The van der Waals surface area contributed by atoms with Gasteiger partial charge in [0.15, 0.2) is 0 Å². The van der Waals surface area contributed by atoms with Crippen LogP contribution >= 0.6 is 0 Å². The van der Waals surface area contributed by atoms with Crippen molar-refractivity contribution < 1.29 is 13.2 Å². The number of nitrogens with one attached hydrogen (secondary N) is 3. The number of hydrogen-bond acceptors (Lipinski definition) is 4. The Morgan fingerprint density at radius 3 is 2.54 bits per heavy atom. The maximum Gasteiger partial charge on any atom is 0.240 e. The predicted octanol–water partition coefficient (Wildman–Crippen LogP) is 4.23. The van der Waals surface area contributed by atoms with Crippen LogP contribution in [0.2, 0.25) is 0 Å². The molecule has 0 saturated heterocycles. The number of hydrogen-bond donors (Lipinski definition) is 3. The lowest BCUT2D eigenvalue weighted by Crippen LogP contribution is -2.29. The summed E-state index contributed by atoms with van der Waals surface area (Å²) in [7, 11) is 0.223. The molecule has 0 fully saturated rings. The number of sulfonamides is 1. The van der Waals surface area contributed by atoms with Gasteiger partial charge in [-0.25, -0.2) is 13.1 Å². The number of aromatic amines is 1. The lowest BCUT2D eigenvalue weighted by molar-refractivity contribution is -0.116. The minimum atomic E-state index is -3.76. The zero-order chi connectivity index (χ0) is 24.6. The van der Waals surface area contributed by atoms with Crippen LogP contribution in [0, 0.1) is 0 Å². The Bertz CT molecular complexity index is 1490. The van der Waals surface area contributed by atoms with E-state index in [1.807, 2.05) is 55.5 Å². The number of aromatic nitrogens is 1. The lowest BCUT2D eigenvalue weighted by atomic mass is 9.91. The number of aryl methyl sites for hydroxylation is 1. The van der Waals surface area contributed by atoms with Crippen molar-refractivity contribution in [3.63, 3.8) is 0 Å². The first-order valence-corrected chi connectivity index (χ1v) is 13.1. The molecule has 1 aromatic heterocycles. The number of amides is 1. The molecule has 0 aliphatic carbocycles. The van der Waals surface area contributed by atoms with Crippen LogP contribution in [0.15, 0.2) is 77.8 Å². The second kappa shape index (κ2) is 9.20. The van der Waals surface area contributed by atoms with Crippen molar-refractivity contribution in [2.24, 2.45) is 0 Å². The van der Waals surface area contributed by atoms with Gasteiger partial charge in [0.25, 0.3) is 0 Å². The summed E-state index contributed by atoms with van der Waals surface area (Å²) < 4.78 is 29.4. The van der Waals surface area contributed by atoms with E-state index in [4.69, 9.17) is 0 Å². The van der Waals surface area contributed by atoms with Crippen LogP contribution in [0.3, 0.4) is 0 Å². The highest BCUT2D eigenvalue weighted by Gasteiger charge is 2.24. The van der Waals surface area contributed by atoms with Gasteiger partial charge in [0, 0.05) is 61.5 Å². The molecule has 1 aliphatic heterocycles. The van der Waals surface area contributed by atoms with E-state index >= 15 is 0 Å². The molecular formula is C27H28N4O3S. The van der Waals surface area contributed by atoms with Crippen molar-refractivity contribution >= 4 is 38.2 Å². The molecule has 4 aromatic rings. The first-order valence-electron chi connectivity index (χ1n) is 11.6. The van der Waals surface area contributed by atoms with Crippen LogP contribution in [0.4, 0.5) is 11.4 Å². The van der Waals surface area contributed by atoms with E-state index in [2.05, 4.69) is 33.2 Å². The Labute approximate surface area is 205 Å². The van der Waals surface area contributed by atoms with Crippen LogP contribution in [0.1, 0.15) is 29.0 Å². The molecule has 0 bridgehead atoms. The number of carbonyl (C=O) groups is 1. The van der Waals surface area contributed by atoms with Gasteiger partial charge in [-0.1, -0.05) is 30.3 Å². The SMILES string of the molecule is CN(C)c1ccc([C@@H](CNS(=O)(=O)c2ccc3c(c2)CCC(=O)N3)c2c[nH]c3ccccc23)cc1. The third-order valence-electron chi connectivity index (χ3n) is 6.57. The molecule has 7 nitrogen and oxygen atoms in total. The standard InChI is InChI=1S/C27H28N4O3S/c1-31(2)20-10-7-18(8-11-20)23(24-16-28-26-6-4-3-5-22(24)26)17-29-35(33,34)21-12-13-25-19(15-21)9-14-27(32)30-25/h3-8,10-13,15-16,23,28-29H,9,14,17H2,1-2H3,(H,30,32)/t23-/m1/s1. The van der Waals surface area contributed by atoms with Crippen molar-refractivity contribution in [3.05, 3.63) is 89.6 Å². The molecule has 0 radical (unpaired) electrons. The third-order valence-corrected chi connectivity index (χ3v) is 7.99. The van der Waals surface area contributed by atoms with Crippen LogP contribution in [0.25, 0.3) is 10.9 Å². The Balaban J connectivity index is 1.46. The molecule has 5 rings (SSSR count). The molecule has 2 heterocycles. The van der Waals surface area contributed by atoms with E-state index in [1.165, 1.54) is 0 Å². The molecule has 3 N–H and O–H groups in total. The van der Waals surface area contributed by atoms with Gasteiger partial charge in [-0.2, -0.15) is 0 Å². The van der Waals surface area contributed by atoms with Crippen LogP contribution in [-0.2, 0) is 21.2 Å². The highest BCUT2D eigenvalue weighted by molar-refractivity contribution is 7.89. The fraction of sp³-hybridized carbons (Fsp3) is 0.222. The van der Waals surface area contributed by atoms with Gasteiger partial charge in [0.1, 0.15) is 0 Å². The lowest BCUT2D eigenvalue weighted by Gasteiger charge is -2.21. The first kappa shape index (κ1) is 23.1. The number of benzene rings is 3. The van der Waals surface area contributed by atoms with Crippen molar-refractivity contribution in [2.45, 2.75) is 23.7 Å². The van der Waals surface area contributed by atoms with E-state index in [1.54, 1.807) is 18.2 Å². The van der Waals surface area contributed by atoms with Gasteiger partial charge >= 0.3 is 0 Å². The van der Waals surface area contributed by atoms with E-state index < -0.39 is 10.0 Å². The monoisotopic (exact) mass is 488 g/mol. The smallest absolute Gasteiger partial charge is 0.240 e. The highest BCUT2D eigenvalue weighted by Crippen LogP contribution is 2.32. The Morgan fingerprint density at radius 2 is 1.77 bits per heavy atom. The Hall–Kier alpha value is -3.62. The van der Waals surface area contributed by atoms with Crippen LogP contribution in [-0.4, -0.2) is 39.9 Å². The number of para-hydroxylation sites is 1. The van der Waals surface area contributed by atoms with Gasteiger partial charge in [-0.05, 0) is 59.5 Å². The first-order chi connectivity index (χ1) is 16.8. The van der Waals surface area contributed by atoms with Crippen LogP contribution in [0.5, 0.6) is 0 Å². The van der Waals surface area contributed by atoms with E-state index in [0.717, 1.165) is 33.3 Å². The fourth-order valence-electron chi connectivity index (χ4n) is 4.60. The van der Waals surface area contributed by atoms with Gasteiger partial charge in [-0.15, -0.1) is 0 Å². The number of H-pyrrole nitrogens is 1. The molecule has 1 atom stereocenters. The molecule has 3 aromatic carbocycles. The minimum Gasteiger partial charge on any atom is -0.378 e. The molecule has 8 heteroatoms. The molecule has 0 spiro atoms. The molecule has 1 amide bonds. The third kappa shape index (κ3) is 4.67. The molecule has 0 saturated carbocycles. The van der Waals surface area contributed by atoms with Gasteiger partial charge < -0.3 is 15.2 Å². The second-order valence-electron chi connectivity index (χ2n) is 9.05. The summed E-state index contributed by atoms with van der Waals surface area (Å²) in [6, 6.07) is 21.1. The highest BCUT2D eigenvalue weighted by atomic mass is 32.2. The second-order valence-corrected chi connectivity index (χ2v) is 10.8. The van der Waals surface area contributed by atoms with Crippen molar-refractivity contribution in [1.29, 1.82) is 0 Å². The molecule has 180 valence electrons. The van der Waals surface area contributed by atoms with E-state index in [-0.39, 0.29) is 23.3 Å². The number of nitrogens with zero attached hydrogens (tertiary/aromatic N) is 1. The fourth-order valence-corrected chi connectivity index (χ4v) is 5.70. The van der Waals surface area contributed by atoms with Crippen molar-refractivity contribution in [1.82, 2.24) is 9.71 Å². The summed E-state index contributed by atoms with van der Waals surface area (Å²) in [4.78, 5) is 17.2. The Kier molecular flexibility index (Phi) is 6.08. The van der Waals surface area contributed by atoms with Crippen LogP contribution < -0.4 is 14.9 Å². The molecule has 1 aliphatic rings. The van der Waals surface area contributed by atoms with E-state index in [0.29, 0.717) is 18.5 Å². The number of carbonyl (C=O) groups excluding carboxylic acids is 1. The summed E-state index contributed by atoms with van der Waals surface area (Å²) >= 11 is 0. The molecule has 35 heavy (non-hydrogen) atoms. The summed E-state index contributed by atoms with van der Waals surface area (Å²) in [6.45, 7) is 0.208. The summed E-state index contributed by atoms with van der Waals surface area (Å²) in [5.74, 6) is -0.234. The maximum atomic E-state index is 13.3. The maximum absolute atomic E-state index is 13.3. The van der Waals surface area contributed by atoms with Gasteiger partial charge in [0.05, 0.1) is 4.90 Å². The zero-order valence-electron chi connectivity index (χ0n) is 19.7. The quantitative estimate of drug-likeness (QED) is 0.363. The Morgan fingerprint density at radius 1 is 1.00 bits per heavy atom.